The lowest BCUT2D eigenvalue weighted by Gasteiger charge is -2.23. The third-order valence-corrected chi connectivity index (χ3v) is 3.38. The van der Waals surface area contributed by atoms with Gasteiger partial charge in [0.15, 0.2) is 5.82 Å². The highest BCUT2D eigenvalue weighted by atomic mass is 35.5. The molecule has 1 aliphatic carbocycles. The molecule has 19 heavy (non-hydrogen) atoms. The van der Waals surface area contributed by atoms with Crippen molar-refractivity contribution in [1.82, 2.24) is 9.97 Å². The van der Waals surface area contributed by atoms with Gasteiger partial charge in [0.25, 0.3) is 0 Å². The average molecular weight is 279 g/mol. The first-order valence-electron chi connectivity index (χ1n) is 6.27. The van der Waals surface area contributed by atoms with E-state index in [0.717, 1.165) is 24.4 Å². The molecule has 1 N–H and O–H groups in total. The summed E-state index contributed by atoms with van der Waals surface area (Å²) in [5.74, 6) is 2.25. The van der Waals surface area contributed by atoms with Crippen molar-refractivity contribution in [2.24, 2.45) is 0 Å². The fraction of sp³-hybridized carbons (Fsp3) is 0.385. The van der Waals surface area contributed by atoms with Crippen LogP contribution in [0.1, 0.15) is 18.6 Å². The number of hydrogen-bond donors (Lipinski definition) is 1. The summed E-state index contributed by atoms with van der Waals surface area (Å²) in [4.78, 5) is 10.8. The zero-order valence-electron chi connectivity index (χ0n) is 10.6. The molecule has 0 spiro atoms. The van der Waals surface area contributed by atoms with Crippen molar-refractivity contribution < 1.29 is 4.42 Å². The first-order valence-corrected chi connectivity index (χ1v) is 6.65. The maximum absolute atomic E-state index is 6.23. The zero-order chi connectivity index (χ0) is 13.2. The Labute approximate surface area is 116 Å². The van der Waals surface area contributed by atoms with Crippen molar-refractivity contribution >= 4 is 23.4 Å². The molecule has 0 atom stereocenters. The Hall–Kier alpha value is -1.75. The fourth-order valence-corrected chi connectivity index (χ4v) is 2.21. The van der Waals surface area contributed by atoms with E-state index in [1.54, 1.807) is 19.5 Å². The van der Waals surface area contributed by atoms with E-state index in [0.29, 0.717) is 23.6 Å². The van der Waals surface area contributed by atoms with E-state index in [1.807, 2.05) is 12.1 Å². The zero-order valence-corrected chi connectivity index (χ0v) is 11.4. The van der Waals surface area contributed by atoms with Gasteiger partial charge < -0.3 is 14.6 Å². The molecule has 2 heterocycles. The highest BCUT2D eigenvalue weighted by Crippen LogP contribution is 2.35. The van der Waals surface area contributed by atoms with Crippen LogP contribution in [0.25, 0.3) is 0 Å². The van der Waals surface area contributed by atoms with Crippen LogP contribution in [-0.2, 0) is 6.54 Å². The highest BCUT2D eigenvalue weighted by Gasteiger charge is 2.32. The van der Waals surface area contributed by atoms with Crippen LogP contribution in [-0.4, -0.2) is 23.1 Å². The second kappa shape index (κ2) is 5.09. The van der Waals surface area contributed by atoms with Gasteiger partial charge in [-0.3, -0.25) is 0 Å². The average Bonchev–Trinajstić information content (AvgIpc) is 3.14. The van der Waals surface area contributed by atoms with Crippen LogP contribution in [0.15, 0.2) is 29.0 Å². The van der Waals surface area contributed by atoms with Crippen LogP contribution in [0.5, 0.6) is 0 Å². The van der Waals surface area contributed by atoms with Crippen molar-refractivity contribution in [2.45, 2.75) is 25.4 Å². The first-order chi connectivity index (χ1) is 9.28. The minimum atomic E-state index is 0.488. The minimum absolute atomic E-state index is 0.488. The summed E-state index contributed by atoms with van der Waals surface area (Å²) in [7, 11) is 1.79. The molecule has 2 aromatic rings. The summed E-state index contributed by atoms with van der Waals surface area (Å²) in [6, 6.07) is 4.34. The fourth-order valence-electron chi connectivity index (χ4n) is 2.01. The quantitative estimate of drug-likeness (QED) is 0.911. The third kappa shape index (κ3) is 2.66. The van der Waals surface area contributed by atoms with Crippen molar-refractivity contribution in [3.05, 3.63) is 35.4 Å². The van der Waals surface area contributed by atoms with Gasteiger partial charge in [-0.15, -0.1) is 0 Å². The molecule has 0 unspecified atom stereocenters. The van der Waals surface area contributed by atoms with E-state index < -0.39 is 0 Å². The Kier molecular flexibility index (Phi) is 3.29. The Morgan fingerprint density at radius 1 is 1.53 bits per heavy atom. The van der Waals surface area contributed by atoms with Gasteiger partial charge in [0.2, 0.25) is 5.95 Å². The van der Waals surface area contributed by atoms with Gasteiger partial charge in [-0.25, -0.2) is 4.98 Å². The highest BCUT2D eigenvalue weighted by molar-refractivity contribution is 6.32. The molecule has 5 nitrogen and oxygen atoms in total. The molecule has 6 heteroatoms. The lowest BCUT2D eigenvalue weighted by atomic mass is 10.3. The third-order valence-electron chi connectivity index (χ3n) is 3.12. The smallest absolute Gasteiger partial charge is 0.224 e. The lowest BCUT2D eigenvalue weighted by Crippen LogP contribution is -2.26. The number of nitrogens with zero attached hydrogens (tertiary/aromatic N) is 3. The first kappa shape index (κ1) is 12.3. The summed E-state index contributed by atoms with van der Waals surface area (Å²) in [6.45, 7) is 0.678. The number of anilines is 2. The number of halogens is 1. The predicted octanol–water partition coefficient (Wildman–Crippen LogP) is 2.93. The molecular formula is C13H15ClN4O. The molecule has 1 aliphatic rings. The Morgan fingerprint density at radius 3 is 3.00 bits per heavy atom. The standard InChI is InChI=1S/C13H15ClN4O/c1-15-13-16-7-11(14)12(17-13)18(9-4-5-9)8-10-3-2-6-19-10/h2-3,6-7,9H,4-5,8H2,1H3,(H,15,16,17). The predicted molar refractivity (Wildman–Crippen MR) is 74.5 cm³/mol. The summed E-state index contributed by atoms with van der Waals surface area (Å²) >= 11 is 6.23. The van der Waals surface area contributed by atoms with Crippen molar-refractivity contribution in [1.29, 1.82) is 0 Å². The molecule has 0 aliphatic heterocycles. The van der Waals surface area contributed by atoms with E-state index in [-0.39, 0.29) is 0 Å². The second-order valence-electron chi connectivity index (χ2n) is 4.55. The van der Waals surface area contributed by atoms with Gasteiger partial charge in [0.05, 0.1) is 19.0 Å². The molecule has 0 amide bonds. The molecule has 1 fully saturated rings. The Morgan fingerprint density at radius 2 is 2.37 bits per heavy atom. The summed E-state index contributed by atoms with van der Waals surface area (Å²) in [5, 5.41) is 3.50. The van der Waals surface area contributed by atoms with E-state index in [4.69, 9.17) is 16.0 Å². The molecule has 2 aromatic heterocycles. The van der Waals surface area contributed by atoms with Gasteiger partial charge in [0, 0.05) is 13.1 Å². The number of nitrogens with one attached hydrogen (secondary N) is 1. The van der Waals surface area contributed by atoms with Crippen LogP contribution in [0.4, 0.5) is 11.8 Å². The monoisotopic (exact) mass is 278 g/mol. The van der Waals surface area contributed by atoms with Gasteiger partial charge in [0.1, 0.15) is 10.8 Å². The maximum atomic E-state index is 6.23. The van der Waals surface area contributed by atoms with Crippen LogP contribution in [0.3, 0.4) is 0 Å². The van der Waals surface area contributed by atoms with Gasteiger partial charge in [-0.2, -0.15) is 4.98 Å². The van der Waals surface area contributed by atoms with Gasteiger partial charge in [-0.1, -0.05) is 11.6 Å². The number of furan rings is 1. The normalized spacial score (nSPS) is 14.4. The largest absolute Gasteiger partial charge is 0.467 e. The van der Waals surface area contributed by atoms with E-state index in [9.17, 15) is 0 Å². The number of hydrogen-bond acceptors (Lipinski definition) is 5. The van der Waals surface area contributed by atoms with Gasteiger partial charge in [-0.05, 0) is 25.0 Å². The Bertz CT molecular complexity index is 554. The maximum Gasteiger partial charge on any atom is 0.224 e. The molecule has 3 rings (SSSR count). The van der Waals surface area contributed by atoms with Crippen LogP contribution in [0.2, 0.25) is 5.02 Å². The molecular weight excluding hydrogens is 264 g/mol. The molecule has 0 aromatic carbocycles. The topological polar surface area (TPSA) is 54.2 Å². The van der Waals surface area contributed by atoms with E-state index in [2.05, 4.69) is 20.2 Å². The van der Waals surface area contributed by atoms with Crippen molar-refractivity contribution in [2.75, 3.05) is 17.3 Å². The second-order valence-corrected chi connectivity index (χ2v) is 4.96. The van der Waals surface area contributed by atoms with Crippen molar-refractivity contribution in [3.8, 4) is 0 Å². The van der Waals surface area contributed by atoms with Crippen molar-refractivity contribution in [3.63, 3.8) is 0 Å². The van der Waals surface area contributed by atoms with Gasteiger partial charge >= 0.3 is 0 Å². The van der Waals surface area contributed by atoms with E-state index in [1.165, 1.54) is 0 Å². The molecule has 0 radical (unpaired) electrons. The number of rotatable bonds is 5. The lowest BCUT2D eigenvalue weighted by molar-refractivity contribution is 0.500. The van der Waals surface area contributed by atoms with E-state index >= 15 is 0 Å². The molecule has 0 bridgehead atoms. The van der Waals surface area contributed by atoms with Crippen LogP contribution >= 0.6 is 11.6 Å². The SMILES string of the molecule is CNc1ncc(Cl)c(N(Cc2ccco2)C2CC2)n1. The molecule has 100 valence electrons. The summed E-state index contributed by atoms with van der Waals surface area (Å²) in [6.07, 6.45) is 5.64. The minimum Gasteiger partial charge on any atom is -0.467 e. The van der Waals surface area contributed by atoms with Crippen LogP contribution in [0, 0.1) is 0 Å². The number of aromatic nitrogens is 2. The summed E-state index contributed by atoms with van der Waals surface area (Å²) < 4.78 is 5.42. The molecule has 0 saturated heterocycles. The Balaban J connectivity index is 1.91. The molecule has 1 saturated carbocycles. The van der Waals surface area contributed by atoms with Crippen LogP contribution < -0.4 is 10.2 Å². The summed E-state index contributed by atoms with van der Waals surface area (Å²) in [5.41, 5.74) is 0.